The van der Waals surface area contributed by atoms with Crippen LogP contribution in [0.3, 0.4) is 0 Å². The molecule has 2 aromatic rings. The molecule has 1 amide bonds. The van der Waals surface area contributed by atoms with Crippen LogP contribution in [0.1, 0.15) is 36.0 Å². The first-order valence-corrected chi connectivity index (χ1v) is 12.0. The lowest BCUT2D eigenvalue weighted by atomic mass is 9.63. The van der Waals surface area contributed by atoms with E-state index in [4.69, 9.17) is 26.8 Å². The molecule has 2 heterocycles. The molecule has 0 saturated heterocycles. The Morgan fingerprint density at radius 2 is 1.89 bits per heavy atom. The lowest BCUT2D eigenvalue weighted by molar-refractivity contribution is -0.138. The zero-order valence-corrected chi connectivity index (χ0v) is 21.2. The Morgan fingerprint density at radius 3 is 2.58 bits per heavy atom. The Kier molecular flexibility index (Phi) is 5.59. The number of ketones is 1. The number of halogens is 1. The monoisotopic (exact) mass is 507 g/mol. The van der Waals surface area contributed by atoms with Crippen LogP contribution in [-0.4, -0.2) is 31.9 Å². The average molecular weight is 508 g/mol. The van der Waals surface area contributed by atoms with E-state index in [2.05, 4.69) is 5.32 Å². The summed E-state index contributed by atoms with van der Waals surface area (Å²) in [6, 6.07) is 8.90. The molecule has 0 fully saturated rings. The van der Waals surface area contributed by atoms with Crippen molar-refractivity contribution >= 4 is 40.6 Å². The highest BCUT2D eigenvalue weighted by Gasteiger charge is 2.62. The van der Waals surface area contributed by atoms with E-state index in [-0.39, 0.29) is 29.2 Å². The van der Waals surface area contributed by atoms with Crippen LogP contribution in [-0.2, 0) is 24.5 Å². The second-order valence-corrected chi connectivity index (χ2v) is 9.62. The molecule has 5 rings (SSSR count). The van der Waals surface area contributed by atoms with Gasteiger partial charge >= 0.3 is 5.97 Å². The van der Waals surface area contributed by atoms with E-state index in [1.807, 2.05) is 26.0 Å². The van der Waals surface area contributed by atoms with Crippen LogP contribution in [0, 0.1) is 13.8 Å². The van der Waals surface area contributed by atoms with Gasteiger partial charge in [-0.2, -0.15) is 0 Å². The van der Waals surface area contributed by atoms with E-state index < -0.39 is 17.3 Å². The van der Waals surface area contributed by atoms with E-state index in [0.717, 1.165) is 11.1 Å². The molecule has 36 heavy (non-hydrogen) atoms. The first-order chi connectivity index (χ1) is 17.2. The number of amides is 1. The molecule has 9 heteroatoms. The van der Waals surface area contributed by atoms with Crippen molar-refractivity contribution in [1.82, 2.24) is 0 Å². The molecule has 2 aromatic carbocycles. The second kappa shape index (κ2) is 8.41. The Bertz CT molecular complexity index is 1430. The number of Topliss-reactive ketones (excluding diaryl/α,β-unsaturated/α-hetero) is 1. The first-order valence-electron chi connectivity index (χ1n) is 11.6. The minimum Gasteiger partial charge on any atom is -0.495 e. The quantitative estimate of drug-likeness (QED) is 0.603. The van der Waals surface area contributed by atoms with Gasteiger partial charge in [-0.3, -0.25) is 14.5 Å². The molecule has 186 valence electrons. The number of ether oxygens (including phenoxy) is 2. The van der Waals surface area contributed by atoms with Crippen LogP contribution in [0.4, 0.5) is 11.4 Å². The van der Waals surface area contributed by atoms with Gasteiger partial charge in [0, 0.05) is 40.0 Å². The maximum atomic E-state index is 13.9. The SMILES string of the molecule is COC(=O)C1=C(N)N(c2cc(C)c(Cl)cc2OC)C2=C(C(=O)CCC2)C12C(=O)Nc1ccc(C)cc12. The minimum absolute atomic E-state index is 0.000159. The van der Waals surface area contributed by atoms with Gasteiger partial charge in [0.15, 0.2) is 5.78 Å². The van der Waals surface area contributed by atoms with Crippen molar-refractivity contribution in [1.29, 1.82) is 0 Å². The molecule has 1 aliphatic carbocycles. The Labute approximate surface area is 213 Å². The smallest absolute Gasteiger partial charge is 0.339 e. The van der Waals surface area contributed by atoms with Gasteiger partial charge < -0.3 is 20.5 Å². The second-order valence-electron chi connectivity index (χ2n) is 9.21. The first kappa shape index (κ1) is 23.9. The van der Waals surface area contributed by atoms with Gasteiger partial charge in [-0.05, 0) is 44.4 Å². The lowest BCUT2D eigenvalue weighted by Gasteiger charge is -2.44. The predicted octanol–water partition coefficient (Wildman–Crippen LogP) is 4.03. The fraction of sp³-hybridized carbons (Fsp3) is 0.296. The third-order valence-electron chi connectivity index (χ3n) is 7.16. The van der Waals surface area contributed by atoms with Crippen molar-refractivity contribution in [2.45, 2.75) is 38.5 Å². The number of hydrogen-bond donors (Lipinski definition) is 2. The van der Waals surface area contributed by atoms with Gasteiger partial charge in [-0.25, -0.2) is 4.79 Å². The summed E-state index contributed by atoms with van der Waals surface area (Å²) in [5, 5.41) is 3.37. The summed E-state index contributed by atoms with van der Waals surface area (Å²) in [6.45, 7) is 3.72. The zero-order chi connectivity index (χ0) is 25.9. The summed E-state index contributed by atoms with van der Waals surface area (Å²) in [5.74, 6) is -1.11. The van der Waals surface area contributed by atoms with Crippen molar-refractivity contribution in [2.75, 3.05) is 24.4 Å². The van der Waals surface area contributed by atoms with Crippen molar-refractivity contribution in [3.8, 4) is 5.75 Å². The Morgan fingerprint density at radius 1 is 1.14 bits per heavy atom. The van der Waals surface area contributed by atoms with E-state index in [1.54, 1.807) is 23.1 Å². The molecular weight excluding hydrogens is 482 g/mol. The summed E-state index contributed by atoms with van der Waals surface area (Å²) in [5.41, 5.74) is 8.94. The number of nitrogens with one attached hydrogen (secondary N) is 1. The Hall–Kier alpha value is -3.78. The van der Waals surface area contributed by atoms with Crippen LogP contribution in [0.15, 0.2) is 53.0 Å². The molecule has 3 N–H and O–H groups in total. The molecule has 0 radical (unpaired) electrons. The van der Waals surface area contributed by atoms with Gasteiger partial charge in [0.2, 0.25) is 5.91 Å². The normalized spacial score (nSPS) is 21.0. The molecule has 0 bridgehead atoms. The number of aryl methyl sites for hydroxylation is 2. The topological polar surface area (TPSA) is 111 Å². The fourth-order valence-corrected chi connectivity index (χ4v) is 5.74. The number of nitrogens with two attached hydrogens (primary N) is 1. The lowest BCUT2D eigenvalue weighted by Crippen LogP contribution is -2.53. The largest absolute Gasteiger partial charge is 0.495 e. The number of methoxy groups -OCH3 is 2. The van der Waals surface area contributed by atoms with E-state index in [0.29, 0.717) is 46.2 Å². The minimum atomic E-state index is -1.73. The average Bonchev–Trinajstić information content (AvgIpc) is 3.12. The van der Waals surface area contributed by atoms with E-state index >= 15 is 0 Å². The number of carbonyl (C=O) groups excluding carboxylic acids is 3. The van der Waals surface area contributed by atoms with Gasteiger partial charge in [0.05, 0.1) is 19.9 Å². The number of benzene rings is 2. The standard InChI is InChI=1S/C27H26ClN3O5/c1-13-8-9-17-15(10-13)27(26(34)30-17)22-18(6-5-7-20(22)32)31(24(29)23(27)25(33)36-4)19-11-14(2)16(28)12-21(19)35-3/h8-12H,5-7,29H2,1-4H3,(H,30,34). The number of esters is 1. The molecule has 1 spiro atoms. The Balaban J connectivity index is 1.93. The fourth-order valence-electron chi connectivity index (χ4n) is 5.58. The van der Waals surface area contributed by atoms with E-state index in [1.165, 1.54) is 14.2 Å². The number of fused-ring (bicyclic) bond motifs is 3. The highest BCUT2D eigenvalue weighted by atomic mass is 35.5. The molecule has 1 atom stereocenters. The summed E-state index contributed by atoms with van der Waals surface area (Å²) in [4.78, 5) is 42.7. The molecule has 3 aliphatic rings. The molecular formula is C27H26ClN3O5. The number of allylic oxidation sites excluding steroid dienone is 1. The van der Waals surface area contributed by atoms with Crippen molar-refractivity contribution in [3.05, 3.63) is 74.7 Å². The summed E-state index contributed by atoms with van der Waals surface area (Å²) >= 11 is 6.36. The van der Waals surface area contributed by atoms with Gasteiger partial charge in [0.25, 0.3) is 0 Å². The molecule has 2 aliphatic heterocycles. The molecule has 1 unspecified atom stereocenters. The number of carbonyl (C=O) groups is 3. The van der Waals surface area contributed by atoms with Crippen LogP contribution in [0.25, 0.3) is 0 Å². The van der Waals surface area contributed by atoms with Crippen LogP contribution >= 0.6 is 11.6 Å². The highest BCUT2D eigenvalue weighted by Crippen LogP contribution is 2.56. The predicted molar refractivity (Wildman–Crippen MR) is 136 cm³/mol. The highest BCUT2D eigenvalue weighted by molar-refractivity contribution is 6.31. The third-order valence-corrected chi connectivity index (χ3v) is 7.57. The third kappa shape index (κ3) is 3.10. The van der Waals surface area contributed by atoms with Crippen molar-refractivity contribution in [2.24, 2.45) is 5.73 Å². The van der Waals surface area contributed by atoms with Crippen molar-refractivity contribution < 1.29 is 23.9 Å². The summed E-state index contributed by atoms with van der Waals surface area (Å²) < 4.78 is 10.8. The maximum absolute atomic E-state index is 13.9. The molecule has 0 saturated carbocycles. The van der Waals surface area contributed by atoms with Crippen LogP contribution in [0.2, 0.25) is 5.02 Å². The van der Waals surface area contributed by atoms with Crippen molar-refractivity contribution in [3.63, 3.8) is 0 Å². The molecule has 8 nitrogen and oxygen atoms in total. The van der Waals surface area contributed by atoms with Gasteiger partial charge in [0.1, 0.15) is 22.6 Å². The number of anilines is 2. The molecule has 0 aromatic heterocycles. The summed E-state index contributed by atoms with van der Waals surface area (Å²) in [6.07, 6.45) is 1.29. The maximum Gasteiger partial charge on any atom is 0.339 e. The van der Waals surface area contributed by atoms with Gasteiger partial charge in [-0.15, -0.1) is 0 Å². The zero-order valence-electron chi connectivity index (χ0n) is 20.5. The van der Waals surface area contributed by atoms with E-state index in [9.17, 15) is 14.4 Å². The number of nitrogens with zero attached hydrogens (tertiary/aromatic N) is 1. The van der Waals surface area contributed by atoms with Crippen LogP contribution in [0.5, 0.6) is 5.75 Å². The number of hydrogen-bond acceptors (Lipinski definition) is 7. The van der Waals surface area contributed by atoms with Crippen LogP contribution < -0.4 is 20.7 Å². The number of rotatable bonds is 3. The summed E-state index contributed by atoms with van der Waals surface area (Å²) in [7, 11) is 2.73. The van der Waals surface area contributed by atoms with Gasteiger partial charge in [-0.1, -0.05) is 29.3 Å².